The van der Waals surface area contributed by atoms with Gasteiger partial charge in [0.2, 0.25) is 5.91 Å². The van der Waals surface area contributed by atoms with Gasteiger partial charge in [0.25, 0.3) is 5.91 Å². The lowest BCUT2D eigenvalue weighted by Gasteiger charge is -2.09. The SMILES string of the molecule is N#Cc1c(NC(=O)CSc2cccc(NC(=O)c3ccccc3C(=O)O)c2)sc2c1CCCC2. The zero-order valence-corrected chi connectivity index (χ0v) is 19.7. The number of amides is 2. The van der Waals surface area contributed by atoms with Crippen LogP contribution in [0.5, 0.6) is 0 Å². The van der Waals surface area contributed by atoms with Crippen molar-refractivity contribution in [3.63, 3.8) is 0 Å². The molecule has 3 aromatic rings. The zero-order valence-electron chi connectivity index (χ0n) is 18.1. The number of carbonyl (C=O) groups is 3. The molecule has 3 N–H and O–H groups in total. The molecule has 4 rings (SSSR count). The van der Waals surface area contributed by atoms with Crippen LogP contribution in [0, 0.1) is 11.3 Å². The van der Waals surface area contributed by atoms with Crippen LogP contribution in [0.15, 0.2) is 53.4 Å². The van der Waals surface area contributed by atoms with Crippen LogP contribution in [0.25, 0.3) is 0 Å². The quantitative estimate of drug-likeness (QED) is 0.392. The van der Waals surface area contributed by atoms with Gasteiger partial charge in [0.05, 0.1) is 22.4 Å². The van der Waals surface area contributed by atoms with E-state index in [1.165, 1.54) is 40.1 Å². The van der Waals surface area contributed by atoms with Crippen molar-refractivity contribution < 1.29 is 19.5 Å². The van der Waals surface area contributed by atoms with E-state index < -0.39 is 11.9 Å². The van der Waals surface area contributed by atoms with Gasteiger partial charge in [0, 0.05) is 15.5 Å². The number of thiophene rings is 1. The number of aromatic carboxylic acids is 1. The monoisotopic (exact) mass is 491 g/mol. The molecule has 0 saturated carbocycles. The van der Waals surface area contributed by atoms with Crippen molar-refractivity contribution in [2.45, 2.75) is 30.6 Å². The molecular formula is C25H21N3O4S2. The maximum atomic E-state index is 12.6. The minimum absolute atomic E-state index is 0.0689. The Labute approximate surface area is 204 Å². The lowest BCUT2D eigenvalue weighted by Crippen LogP contribution is -2.16. The number of hydrogen-bond acceptors (Lipinski definition) is 6. The fourth-order valence-corrected chi connectivity index (χ4v) is 5.82. The number of nitrogens with zero attached hydrogens (tertiary/aromatic N) is 1. The molecule has 172 valence electrons. The van der Waals surface area contributed by atoms with Gasteiger partial charge < -0.3 is 15.7 Å². The third-order valence-corrected chi connectivity index (χ3v) is 7.60. The minimum atomic E-state index is -1.17. The standard InChI is InChI=1S/C25H21N3O4S2/c26-13-20-17-8-3-4-11-21(17)34-24(20)28-22(29)14-33-16-7-5-6-15(12-16)27-23(30)18-9-1-2-10-19(18)25(31)32/h1-2,5-7,9-10,12H,3-4,8,11,14H2,(H,27,30)(H,28,29)(H,31,32). The molecule has 0 spiro atoms. The third-order valence-electron chi connectivity index (χ3n) is 5.40. The lowest BCUT2D eigenvalue weighted by molar-refractivity contribution is -0.113. The molecule has 1 aromatic heterocycles. The largest absolute Gasteiger partial charge is 0.478 e. The number of hydrogen-bond donors (Lipinski definition) is 3. The highest BCUT2D eigenvalue weighted by Crippen LogP contribution is 2.37. The van der Waals surface area contributed by atoms with E-state index in [0.29, 0.717) is 16.3 Å². The second kappa shape index (κ2) is 10.5. The Kier molecular flexibility index (Phi) is 7.30. The van der Waals surface area contributed by atoms with Crippen LogP contribution in [0.3, 0.4) is 0 Å². The normalized spacial score (nSPS) is 12.3. The summed E-state index contributed by atoms with van der Waals surface area (Å²) in [6.45, 7) is 0. The first kappa shape index (κ1) is 23.5. The number of aryl methyl sites for hydroxylation is 1. The molecule has 2 amide bonds. The van der Waals surface area contributed by atoms with Crippen LogP contribution >= 0.6 is 23.1 Å². The molecular weight excluding hydrogens is 470 g/mol. The fourth-order valence-electron chi connectivity index (χ4n) is 3.81. The first-order valence-corrected chi connectivity index (χ1v) is 12.5. The average molecular weight is 492 g/mol. The number of carboxylic acid groups (broad SMARTS) is 1. The summed E-state index contributed by atoms with van der Waals surface area (Å²) in [4.78, 5) is 38.5. The number of thioether (sulfide) groups is 1. The van der Waals surface area contributed by atoms with Gasteiger partial charge in [-0.05, 0) is 61.6 Å². The molecule has 0 unspecified atom stereocenters. The van der Waals surface area contributed by atoms with E-state index in [1.807, 2.05) is 6.07 Å². The van der Waals surface area contributed by atoms with E-state index in [1.54, 1.807) is 30.3 Å². The summed E-state index contributed by atoms with van der Waals surface area (Å²) in [5.74, 6) is -1.76. The molecule has 0 bridgehead atoms. The van der Waals surface area contributed by atoms with E-state index in [4.69, 9.17) is 0 Å². The number of anilines is 2. The molecule has 1 heterocycles. The fraction of sp³-hybridized carbons (Fsp3) is 0.200. The molecule has 9 heteroatoms. The van der Waals surface area contributed by atoms with E-state index in [0.717, 1.165) is 36.1 Å². The number of benzene rings is 2. The summed E-state index contributed by atoms with van der Waals surface area (Å²) >= 11 is 2.80. The lowest BCUT2D eigenvalue weighted by atomic mass is 9.96. The van der Waals surface area contributed by atoms with Gasteiger partial charge in [0.15, 0.2) is 0 Å². The molecule has 1 aliphatic rings. The first-order chi connectivity index (χ1) is 16.5. The predicted octanol–water partition coefficient (Wildman–Crippen LogP) is 5.18. The number of nitrogens with one attached hydrogen (secondary N) is 2. The number of rotatable bonds is 7. The number of fused-ring (bicyclic) bond motifs is 1. The summed E-state index contributed by atoms with van der Waals surface area (Å²) in [5, 5.41) is 25.1. The smallest absolute Gasteiger partial charge is 0.336 e. The van der Waals surface area contributed by atoms with Crippen LogP contribution in [0.1, 0.15) is 49.6 Å². The Bertz CT molecular complexity index is 1310. The number of nitriles is 1. The maximum Gasteiger partial charge on any atom is 0.336 e. The summed E-state index contributed by atoms with van der Waals surface area (Å²) in [6.07, 6.45) is 4.01. The topological polar surface area (TPSA) is 119 Å². The van der Waals surface area contributed by atoms with E-state index in [9.17, 15) is 24.8 Å². The second-order valence-corrected chi connectivity index (χ2v) is 9.85. The number of carboxylic acids is 1. The van der Waals surface area contributed by atoms with Crippen molar-refractivity contribution in [3.05, 3.63) is 75.7 Å². The Morgan fingerprint density at radius 1 is 1.03 bits per heavy atom. The van der Waals surface area contributed by atoms with Gasteiger partial charge in [0.1, 0.15) is 11.1 Å². The number of carbonyl (C=O) groups excluding carboxylic acids is 2. The summed E-state index contributed by atoms with van der Waals surface area (Å²) in [6, 6.07) is 15.2. The summed E-state index contributed by atoms with van der Waals surface area (Å²) < 4.78 is 0. The van der Waals surface area contributed by atoms with Crippen molar-refractivity contribution in [1.29, 1.82) is 5.26 Å². The van der Waals surface area contributed by atoms with Crippen molar-refractivity contribution in [2.24, 2.45) is 0 Å². The van der Waals surface area contributed by atoms with E-state index >= 15 is 0 Å². The molecule has 0 radical (unpaired) electrons. The molecule has 7 nitrogen and oxygen atoms in total. The highest BCUT2D eigenvalue weighted by Gasteiger charge is 2.22. The van der Waals surface area contributed by atoms with Gasteiger partial charge in [-0.15, -0.1) is 23.1 Å². The molecule has 0 saturated heterocycles. The van der Waals surface area contributed by atoms with Crippen molar-refractivity contribution >= 4 is 51.6 Å². The third kappa shape index (κ3) is 5.30. The molecule has 2 aromatic carbocycles. The van der Waals surface area contributed by atoms with Crippen molar-refractivity contribution in [3.8, 4) is 6.07 Å². The Morgan fingerprint density at radius 2 is 1.79 bits per heavy atom. The highest BCUT2D eigenvalue weighted by molar-refractivity contribution is 8.00. The van der Waals surface area contributed by atoms with Crippen LogP contribution in [0.4, 0.5) is 10.7 Å². The van der Waals surface area contributed by atoms with Crippen molar-refractivity contribution in [2.75, 3.05) is 16.4 Å². The van der Waals surface area contributed by atoms with Crippen LogP contribution in [-0.4, -0.2) is 28.6 Å². The maximum absolute atomic E-state index is 12.6. The van der Waals surface area contributed by atoms with Gasteiger partial charge in [-0.3, -0.25) is 9.59 Å². The van der Waals surface area contributed by atoms with Crippen LogP contribution in [0.2, 0.25) is 0 Å². The Hall–Kier alpha value is -3.61. The van der Waals surface area contributed by atoms with Gasteiger partial charge in [-0.2, -0.15) is 5.26 Å². The molecule has 0 fully saturated rings. The molecule has 34 heavy (non-hydrogen) atoms. The summed E-state index contributed by atoms with van der Waals surface area (Å²) in [7, 11) is 0. The van der Waals surface area contributed by atoms with Gasteiger partial charge >= 0.3 is 5.97 Å². The van der Waals surface area contributed by atoms with Crippen molar-refractivity contribution in [1.82, 2.24) is 0 Å². The van der Waals surface area contributed by atoms with Crippen LogP contribution < -0.4 is 10.6 Å². The predicted molar refractivity (Wildman–Crippen MR) is 133 cm³/mol. The average Bonchev–Trinajstić information content (AvgIpc) is 3.19. The van der Waals surface area contributed by atoms with Gasteiger partial charge in [-0.25, -0.2) is 4.79 Å². The first-order valence-electron chi connectivity index (χ1n) is 10.7. The summed E-state index contributed by atoms with van der Waals surface area (Å²) in [5.41, 5.74) is 2.15. The zero-order chi connectivity index (χ0) is 24.1. The second-order valence-electron chi connectivity index (χ2n) is 7.70. The molecule has 0 aliphatic heterocycles. The van der Waals surface area contributed by atoms with E-state index in [2.05, 4.69) is 16.7 Å². The molecule has 1 aliphatic carbocycles. The Morgan fingerprint density at radius 3 is 2.56 bits per heavy atom. The Balaban J connectivity index is 1.38. The minimum Gasteiger partial charge on any atom is -0.478 e. The highest BCUT2D eigenvalue weighted by atomic mass is 32.2. The van der Waals surface area contributed by atoms with Crippen LogP contribution in [-0.2, 0) is 17.6 Å². The molecule has 0 atom stereocenters. The van der Waals surface area contributed by atoms with E-state index in [-0.39, 0.29) is 22.8 Å². The van der Waals surface area contributed by atoms with Gasteiger partial charge in [-0.1, -0.05) is 18.2 Å².